The summed E-state index contributed by atoms with van der Waals surface area (Å²) >= 11 is 0. The van der Waals surface area contributed by atoms with Crippen molar-refractivity contribution >= 4 is 5.69 Å². The van der Waals surface area contributed by atoms with Gasteiger partial charge in [0.05, 0.1) is 6.61 Å². The standard InChI is InChI=1S/C9H12NO2/c1-11-5-6-12-9-4-2-3-8(10)7-9/h3-4,7H,5-6,10H2,1H3. The van der Waals surface area contributed by atoms with Gasteiger partial charge in [-0.1, -0.05) is 0 Å². The molecule has 1 aromatic carbocycles. The van der Waals surface area contributed by atoms with E-state index in [1.807, 2.05) is 0 Å². The highest BCUT2D eigenvalue weighted by Crippen LogP contribution is 2.13. The Balaban J connectivity index is 2.41. The van der Waals surface area contributed by atoms with Crippen molar-refractivity contribution in [3.05, 3.63) is 24.3 Å². The monoisotopic (exact) mass is 166 g/mol. The Hall–Kier alpha value is -1.22. The van der Waals surface area contributed by atoms with Crippen LogP contribution in [0, 0.1) is 6.07 Å². The molecule has 0 unspecified atom stereocenters. The summed E-state index contributed by atoms with van der Waals surface area (Å²) in [6.45, 7) is 1.11. The van der Waals surface area contributed by atoms with Crippen LogP contribution in [0.25, 0.3) is 0 Å². The van der Waals surface area contributed by atoms with Gasteiger partial charge in [0.2, 0.25) is 0 Å². The third-order valence-corrected chi connectivity index (χ3v) is 1.34. The van der Waals surface area contributed by atoms with Crippen LogP contribution in [0.5, 0.6) is 5.75 Å². The Bertz CT molecular complexity index is 238. The second-order valence-electron chi connectivity index (χ2n) is 2.34. The number of ether oxygens (including phenoxy) is 2. The lowest BCUT2D eigenvalue weighted by atomic mass is 10.3. The molecule has 0 atom stereocenters. The van der Waals surface area contributed by atoms with Gasteiger partial charge < -0.3 is 15.2 Å². The summed E-state index contributed by atoms with van der Waals surface area (Å²) < 4.78 is 10.1. The number of hydrogen-bond donors (Lipinski definition) is 1. The minimum Gasteiger partial charge on any atom is -0.491 e. The molecule has 65 valence electrons. The zero-order valence-electron chi connectivity index (χ0n) is 7.04. The lowest BCUT2D eigenvalue weighted by molar-refractivity contribution is 0.146. The molecule has 0 bridgehead atoms. The molecule has 0 aliphatic rings. The van der Waals surface area contributed by atoms with Crippen LogP contribution in [0.1, 0.15) is 0 Å². The van der Waals surface area contributed by atoms with E-state index in [1.165, 1.54) is 0 Å². The van der Waals surface area contributed by atoms with Crippen molar-refractivity contribution in [2.24, 2.45) is 0 Å². The lowest BCUT2D eigenvalue weighted by Gasteiger charge is -2.04. The van der Waals surface area contributed by atoms with Crippen molar-refractivity contribution in [2.45, 2.75) is 0 Å². The molecule has 0 spiro atoms. The maximum absolute atomic E-state index is 5.52. The van der Waals surface area contributed by atoms with E-state index in [-0.39, 0.29) is 0 Å². The van der Waals surface area contributed by atoms with Crippen LogP contribution >= 0.6 is 0 Å². The Morgan fingerprint density at radius 2 is 2.25 bits per heavy atom. The molecule has 1 aromatic rings. The van der Waals surface area contributed by atoms with Crippen LogP contribution in [0.3, 0.4) is 0 Å². The predicted molar refractivity (Wildman–Crippen MR) is 47.1 cm³/mol. The molecule has 0 heterocycles. The van der Waals surface area contributed by atoms with Gasteiger partial charge in [0.15, 0.2) is 0 Å². The molecule has 0 saturated heterocycles. The summed E-state index contributed by atoms with van der Waals surface area (Å²) in [5, 5.41) is 0. The van der Waals surface area contributed by atoms with Crippen molar-refractivity contribution in [3.63, 3.8) is 0 Å². The number of nitrogen functional groups attached to an aromatic ring is 1. The average molecular weight is 166 g/mol. The molecule has 1 rings (SSSR count). The van der Waals surface area contributed by atoms with Crippen molar-refractivity contribution in [3.8, 4) is 5.75 Å². The predicted octanol–water partition coefficient (Wildman–Crippen LogP) is 1.09. The van der Waals surface area contributed by atoms with Gasteiger partial charge in [0, 0.05) is 18.9 Å². The first-order valence-corrected chi connectivity index (χ1v) is 3.71. The average Bonchev–Trinajstić information content (AvgIpc) is 2.05. The van der Waals surface area contributed by atoms with Crippen LogP contribution in [0.15, 0.2) is 18.2 Å². The zero-order chi connectivity index (χ0) is 8.81. The lowest BCUT2D eigenvalue weighted by Crippen LogP contribution is -2.04. The Morgan fingerprint density at radius 3 is 2.92 bits per heavy atom. The Morgan fingerprint density at radius 1 is 1.42 bits per heavy atom. The number of nitrogens with two attached hydrogens (primary N) is 1. The molecule has 3 nitrogen and oxygen atoms in total. The summed E-state index contributed by atoms with van der Waals surface area (Å²) in [7, 11) is 1.63. The van der Waals surface area contributed by atoms with Gasteiger partial charge >= 0.3 is 0 Å². The molecule has 0 saturated carbocycles. The fourth-order valence-corrected chi connectivity index (χ4v) is 0.794. The maximum atomic E-state index is 5.52. The second-order valence-corrected chi connectivity index (χ2v) is 2.34. The Labute approximate surface area is 72.1 Å². The quantitative estimate of drug-likeness (QED) is 0.538. The van der Waals surface area contributed by atoms with Gasteiger partial charge in [-0.3, -0.25) is 0 Å². The molecule has 3 heteroatoms. The molecule has 0 aliphatic carbocycles. The smallest absolute Gasteiger partial charge is 0.122 e. The van der Waals surface area contributed by atoms with Crippen LogP contribution in [0.2, 0.25) is 0 Å². The zero-order valence-corrected chi connectivity index (χ0v) is 7.04. The van der Waals surface area contributed by atoms with Crippen LogP contribution in [-0.4, -0.2) is 20.3 Å². The number of benzene rings is 1. The van der Waals surface area contributed by atoms with E-state index >= 15 is 0 Å². The molecule has 1 radical (unpaired) electrons. The highest BCUT2D eigenvalue weighted by atomic mass is 16.5. The van der Waals surface area contributed by atoms with Crippen molar-refractivity contribution in [1.82, 2.24) is 0 Å². The summed E-state index contributed by atoms with van der Waals surface area (Å²) in [6.07, 6.45) is 0. The van der Waals surface area contributed by atoms with E-state index in [0.717, 1.165) is 5.75 Å². The van der Waals surface area contributed by atoms with Crippen LogP contribution in [-0.2, 0) is 4.74 Å². The van der Waals surface area contributed by atoms with Gasteiger partial charge in [-0.05, 0) is 18.2 Å². The van der Waals surface area contributed by atoms with Gasteiger partial charge in [0.1, 0.15) is 12.4 Å². The third-order valence-electron chi connectivity index (χ3n) is 1.34. The van der Waals surface area contributed by atoms with E-state index in [1.54, 1.807) is 25.3 Å². The Kier molecular flexibility index (Phi) is 3.41. The SMILES string of the molecule is COCCOc1c[c]cc(N)c1. The molecule has 0 fully saturated rings. The van der Waals surface area contributed by atoms with E-state index in [2.05, 4.69) is 6.07 Å². The highest BCUT2D eigenvalue weighted by Gasteiger charge is 1.92. The van der Waals surface area contributed by atoms with E-state index < -0.39 is 0 Å². The summed E-state index contributed by atoms with van der Waals surface area (Å²) in [5.41, 5.74) is 6.18. The van der Waals surface area contributed by atoms with Crippen LogP contribution < -0.4 is 10.5 Å². The molecule has 2 N–H and O–H groups in total. The topological polar surface area (TPSA) is 44.5 Å². The molecule has 0 aliphatic heterocycles. The molecule has 12 heavy (non-hydrogen) atoms. The first kappa shape index (κ1) is 8.87. The van der Waals surface area contributed by atoms with Crippen molar-refractivity contribution in [1.29, 1.82) is 0 Å². The van der Waals surface area contributed by atoms with E-state index in [4.69, 9.17) is 15.2 Å². The summed E-state index contributed by atoms with van der Waals surface area (Å²) in [4.78, 5) is 0. The molecular weight excluding hydrogens is 154 g/mol. The molecule has 0 amide bonds. The number of rotatable bonds is 4. The van der Waals surface area contributed by atoms with Crippen molar-refractivity contribution < 1.29 is 9.47 Å². The fourth-order valence-electron chi connectivity index (χ4n) is 0.794. The number of hydrogen-bond acceptors (Lipinski definition) is 3. The first-order chi connectivity index (χ1) is 5.83. The minimum absolute atomic E-state index is 0.536. The first-order valence-electron chi connectivity index (χ1n) is 3.71. The molecular formula is C9H12NO2. The normalized spacial score (nSPS) is 9.75. The number of anilines is 1. The van der Waals surface area contributed by atoms with Crippen LogP contribution in [0.4, 0.5) is 5.69 Å². The van der Waals surface area contributed by atoms with Gasteiger partial charge in [-0.15, -0.1) is 0 Å². The largest absolute Gasteiger partial charge is 0.491 e. The second kappa shape index (κ2) is 4.62. The van der Waals surface area contributed by atoms with Gasteiger partial charge in [0.25, 0.3) is 0 Å². The van der Waals surface area contributed by atoms with E-state index in [9.17, 15) is 0 Å². The van der Waals surface area contributed by atoms with Gasteiger partial charge in [-0.2, -0.15) is 0 Å². The highest BCUT2D eigenvalue weighted by molar-refractivity contribution is 5.42. The summed E-state index contributed by atoms with van der Waals surface area (Å²) in [5.74, 6) is 0.729. The number of methoxy groups -OCH3 is 1. The van der Waals surface area contributed by atoms with Gasteiger partial charge in [-0.25, -0.2) is 0 Å². The maximum Gasteiger partial charge on any atom is 0.122 e. The fraction of sp³-hybridized carbons (Fsp3) is 0.333. The van der Waals surface area contributed by atoms with Crippen molar-refractivity contribution in [2.75, 3.05) is 26.1 Å². The van der Waals surface area contributed by atoms with E-state index in [0.29, 0.717) is 18.9 Å². The molecule has 0 aromatic heterocycles. The summed E-state index contributed by atoms with van der Waals surface area (Å²) in [6, 6.07) is 8.06. The minimum atomic E-state index is 0.536. The third kappa shape index (κ3) is 2.80.